The summed E-state index contributed by atoms with van der Waals surface area (Å²) in [5, 5.41) is 2.74. The Morgan fingerprint density at radius 2 is 1.88 bits per heavy atom. The fourth-order valence-electron chi connectivity index (χ4n) is 2.29. The molecule has 2 aromatic carbocycles. The van der Waals surface area contributed by atoms with Gasteiger partial charge in [-0.3, -0.25) is 9.00 Å². The van der Waals surface area contributed by atoms with E-state index in [0.29, 0.717) is 23.8 Å². The van der Waals surface area contributed by atoms with Crippen LogP contribution < -0.4 is 10.1 Å². The number of benzene rings is 2. The van der Waals surface area contributed by atoms with Crippen LogP contribution in [0.3, 0.4) is 0 Å². The zero-order valence-electron chi connectivity index (χ0n) is 14.1. The van der Waals surface area contributed by atoms with Crippen molar-refractivity contribution >= 4 is 16.7 Å². The van der Waals surface area contributed by atoms with Gasteiger partial charge in [0.05, 0.1) is 0 Å². The van der Waals surface area contributed by atoms with Gasteiger partial charge in [0, 0.05) is 28.9 Å². The normalized spacial score (nSPS) is 11.8. The SMILES string of the molecule is Cc1ccc(OCC(=O)NCC[S@@](=O)Cc2ccccc2)c(C)c1. The standard InChI is InChI=1S/C19H23NO3S/c1-15-8-9-18(16(2)12-15)23-13-19(21)20-10-11-24(22)14-17-6-4-3-5-7-17/h3-9,12H,10-11,13-14H2,1-2H3,(H,20,21)/t24-/m1/s1. The summed E-state index contributed by atoms with van der Waals surface area (Å²) < 4.78 is 17.5. The van der Waals surface area contributed by atoms with E-state index in [0.717, 1.165) is 16.7 Å². The second kappa shape index (κ2) is 9.23. The number of hydrogen-bond donors (Lipinski definition) is 1. The monoisotopic (exact) mass is 345 g/mol. The number of amides is 1. The van der Waals surface area contributed by atoms with E-state index in [1.807, 2.05) is 62.4 Å². The van der Waals surface area contributed by atoms with Gasteiger partial charge < -0.3 is 10.1 Å². The zero-order chi connectivity index (χ0) is 17.4. The van der Waals surface area contributed by atoms with Crippen LogP contribution in [0.5, 0.6) is 5.75 Å². The van der Waals surface area contributed by atoms with E-state index in [1.54, 1.807) is 0 Å². The van der Waals surface area contributed by atoms with Gasteiger partial charge in [-0.25, -0.2) is 0 Å². The summed E-state index contributed by atoms with van der Waals surface area (Å²) in [7, 11) is -0.989. The summed E-state index contributed by atoms with van der Waals surface area (Å²) in [4.78, 5) is 11.8. The number of ether oxygens (including phenoxy) is 1. The second-order valence-corrected chi connectivity index (χ2v) is 7.26. The average molecular weight is 345 g/mol. The fourth-order valence-corrected chi connectivity index (χ4v) is 3.33. The Kier molecular flexibility index (Phi) is 7.00. The van der Waals surface area contributed by atoms with E-state index >= 15 is 0 Å². The molecule has 1 atom stereocenters. The summed E-state index contributed by atoms with van der Waals surface area (Å²) in [5.74, 6) is 1.45. The molecule has 128 valence electrons. The Morgan fingerprint density at radius 3 is 2.58 bits per heavy atom. The van der Waals surface area contributed by atoms with Crippen LogP contribution in [0.2, 0.25) is 0 Å². The fraction of sp³-hybridized carbons (Fsp3) is 0.316. The molecule has 2 rings (SSSR count). The van der Waals surface area contributed by atoms with Crippen LogP contribution in [0, 0.1) is 13.8 Å². The minimum Gasteiger partial charge on any atom is -0.484 e. The van der Waals surface area contributed by atoms with E-state index in [4.69, 9.17) is 4.74 Å². The third-order valence-electron chi connectivity index (χ3n) is 3.51. The summed E-state index contributed by atoms with van der Waals surface area (Å²) in [6, 6.07) is 15.5. The van der Waals surface area contributed by atoms with Crippen LogP contribution in [0.1, 0.15) is 16.7 Å². The molecular formula is C19H23NO3S. The molecule has 0 aliphatic heterocycles. The quantitative estimate of drug-likeness (QED) is 0.800. The van der Waals surface area contributed by atoms with Crippen LogP contribution in [-0.2, 0) is 21.3 Å². The predicted octanol–water partition coefficient (Wildman–Crippen LogP) is 2.75. The van der Waals surface area contributed by atoms with Crippen molar-refractivity contribution in [1.82, 2.24) is 5.32 Å². The van der Waals surface area contributed by atoms with Gasteiger partial charge in [-0.15, -0.1) is 0 Å². The van der Waals surface area contributed by atoms with Crippen LogP contribution in [0.25, 0.3) is 0 Å². The Morgan fingerprint density at radius 1 is 1.12 bits per heavy atom. The molecular weight excluding hydrogens is 322 g/mol. The molecule has 0 radical (unpaired) electrons. The van der Waals surface area contributed by atoms with E-state index in [9.17, 15) is 9.00 Å². The smallest absolute Gasteiger partial charge is 0.257 e. The highest BCUT2D eigenvalue weighted by Gasteiger charge is 2.06. The van der Waals surface area contributed by atoms with E-state index < -0.39 is 10.8 Å². The van der Waals surface area contributed by atoms with Gasteiger partial charge in [0.15, 0.2) is 6.61 Å². The Balaban J connectivity index is 1.67. The number of aryl methyl sites for hydroxylation is 2. The number of carbonyl (C=O) groups is 1. The van der Waals surface area contributed by atoms with Crippen molar-refractivity contribution in [1.29, 1.82) is 0 Å². The van der Waals surface area contributed by atoms with Crippen molar-refractivity contribution in [2.75, 3.05) is 18.9 Å². The minimum absolute atomic E-state index is 0.0325. The van der Waals surface area contributed by atoms with Gasteiger partial charge in [0.25, 0.3) is 5.91 Å². The van der Waals surface area contributed by atoms with E-state index in [-0.39, 0.29) is 12.5 Å². The van der Waals surface area contributed by atoms with E-state index in [1.165, 1.54) is 0 Å². The molecule has 4 nitrogen and oxygen atoms in total. The minimum atomic E-state index is -0.989. The number of rotatable bonds is 8. The first kappa shape index (κ1) is 18.2. The first-order valence-electron chi connectivity index (χ1n) is 7.90. The Bertz CT molecular complexity index is 701. The molecule has 0 bridgehead atoms. The number of nitrogens with one attached hydrogen (secondary N) is 1. The molecule has 5 heteroatoms. The van der Waals surface area contributed by atoms with Crippen molar-refractivity contribution in [3.8, 4) is 5.75 Å². The molecule has 2 aromatic rings. The first-order chi connectivity index (χ1) is 11.5. The average Bonchev–Trinajstić information content (AvgIpc) is 2.55. The molecule has 0 saturated heterocycles. The van der Waals surface area contributed by atoms with Crippen LogP contribution >= 0.6 is 0 Å². The summed E-state index contributed by atoms with van der Waals surface area (Å²) in [5.41, 5.74) is 3.21. The topological polar surface area (TPSA) is 55.4 Å². The maximum absolute atomic E-state index is 12.0. The third kappa shape index (κ3) is 6.16. The third-order valence-corrected chi connectivity index (χ3v) is 4.83. The predicted molar refractivity (Wildman–Crippen MR) is 97.6 cm³/mol. The first-order valence-corrected chi connectivity index (χ1v) is 9.39. The van der Waals surface area contributed by atoms with Crippen molar-refractivity contribution in [2.24, 2.45) is 0 Å². The van der Waals surface area contributed by atoms with Crippen LogP contribution in [0.15, 0.2) is 48.5 Å². The second-order valence-electron chi connectivity index (χ2n) is 5.68. The van der Waals surface area contributed by atoms with Crippen LogP contribution in [-0.4, -0.2) is 29.0 Å². The number of hydrogen-bond acceptors (Lipinski definition) is 3. The van der Waals surface area contributed by atoms with Gasteiger partial charge in [-0.05, 0) is 31.0 Å². The molecule has 0 spiro atoms. The Hall–Kier alpha value is -2.14. The molecule has 0 aliphatic rings. The molecule has 0 aliphatic carbocycles. The molecule has 1 amide bonds. The molecule has 1 N–H and O–H groups in total. The van der Waals surface area contributed by atoms with Crippen molar-refractivity contribution in [3.05, 3.63) is 65.2 Å². The molecule has 24 heavy (non-hydrogen) atoms. The lowest BCUT2D eigenvalue weighted by atomic mass is 10.1. The molecule has 0 heterocycles. The summed E-state index contributed by atoms with van der Waals surface area (Å²) >= 11 is 0. The molecule has 0 saturated carbocycles. The van der Waals surface area contributed by atoms with Gasteiger partial charge >= 0.3 is 0 Å². The highest BCUT2D eigenvalue weighted by atomic mass is 32.2. The summed E-state index contributed by atoms with van der Waals surface area (Å²) in [6.07, 6.45) is 0. The van der Waals surface area contributed by atoms with Crippen molar-refractivity contribution in [3.63, 3.8) is 0 Å². The van der Waals surface area contributed by atoms with Gasteiger partial charge in [0.2, 0.25) is 0 Å². The van der Waals surface area contributed by atoms with Crippen molar-refractivity contribution in [2.45, 2.75) is 19.6 Å². The van der Waals surface area contributed by atoms with Gasteiger partial charge in [0.1, 0.15) is 5.75 Å². The lowest BCUT2D eigenvalue weighted by Gasteiger charge is -2.10. The Labute approximate surface area is 145 Å². The highest BCUT2D eigenvalue weighted by molar-refractivity contribution is 7.84. The maximum Gasteiger partial charge on any atom is 0.257 e. The molecule has 0 fully saturated rings. The molecule has 0 aromatic heterocycles. The highest BCUT2D eigenvalue weighted by Crippen LogP contribution is 2.18. The van der Waals surface area contributed by atoms with Crippen LogP contribution in [0.4, 0.5) is 0 Å². The lowest BCUT2D eigenvalue weighted by Crippen LogP contribution is -2.32. The maximum atomic E-state index is 12.0. The summed E-state index contributed by atoms with van der Waals surface area (Å²) in [6.45, 7) is 4.32. The number of carbonyl (C=O) groups excluding carboxylic acids is 1. The van der Waals surface area contributed by atoms with Gasteiger partial charge in [-0.1, -0.05) is 48.0 Å². The molecule has 0 unspecified atom stereocenters. The zero-order valence-corrected chi connectivity index (χ0v) is 14.9. The van der Waals surface area contributed by atoms with E-state index in [2.05, 4.69) is 5.32 Å². The largest absolute Gasteiger partial charge is 0.484 e. The lowest BCUT2D eigenvalue weighted by molar-refractivity contribution is -0.122. The van der Waals surface area contributed by atoms with Crippen molar-refractivity contribution < 1.29 is 13.7 Å². The van der Waals surface area contributed by atoms with Gasteiger partial charge in [-0.2, -0.15) is 0 Å².